The van der Waals surface area contributed by atoms with Crippen molar-refractivity contribution >= 4 is 22.4 Å². The Morgan fingerprint density at radius 2 is 2.00 bits per heavy atom. The highest BCUT2D eigenvalue weighted by molar-refractivity contribution is 5.88. The Bertz CT molecular complexity index is 1110. The summed E-state index contributed by atoms with van der Waals surface area (Å²) in [6.45, 7) is 0. The molecule has 6 heteroatoms. The Labute approximate surface area is 157 Å². The zero-order chi connectivity index (χ0) is 18.4. The van der Waals surface area contributed by atoms with E-state index in [2.05, 4.69) is 69.7 Å². The topological polar surface area (TPSA) is 58.3 Å². The van der Waals surface area contributed by atoms with Crippen LogP contribution in [-0.4, -0.2) is 50.7 Å². The van der Waals surface area contributed by atoms with Gasteiger partial charge in [-0.2, -0.15) is 0 Å². The number of nitrogens with one attached hydrogen (secondary N) is 1. The third-order valence-corrected chi connectivity index (χ3v) is 5.51. The van der Waals surface area contributed by atoms with E-state index in [4.69, 9.17) is 0 Å². The van der Waals surface area contributed by atoms with Gasteiger partial charge in [-0.05, 0) is 56.8 Å². The number of hydrogen-bond donors (Lipinski definition) is 1. The standard InChI is InChI=1S/C21H22N6/c1-26(2)17-11-16(12-17)24-21-23-13-20-18(7-9-27(20)25-21)14-5-6-19-15(10-14)4-3-8-22-19/h3-10,13,16-17H,11-12H2,1-2H3,(H,24,25). The quantitative estimate of drug-likeness (QED) is 0.605. The van der Waals surface area contributed by atoms with Gasteiger partial charge in [0, 0.05) is 35.4 Å². The fraction of sp³-hybridized carbons (Fsp3) is 0.286. The Morgan fingerprint density at radius 3 is 2.85 bits per heavy atom. The molecule has 0 spiro atoms. The molecule has 1 aliphatic carbocycles. The van der Waals surface area contributed by atoms with Crippen LogP contribution < -0.4 is 5.32 Å². The number of hydrogen-bond acceptors (Lipinski definition) is 5. The van der Waals surface area contributed by atoms with Crippen LogP contribution in [0, 0.1) is 0 Å². The number of aromatic nitrogens is 4. The second-order valence-electron chi connectivity index (χ2n) is 7.48. The Balaban J connectivity index is 1.41. The number of fused-ring (bicyclic) bond motifs is 2. The smallest absolute Gasteiger partial charge is 0.241 e. The van der Waals surface area contributed by atoms with E-state index in [1.807, 2.05) is 29.2 Å². The van der Waals surface area contributed by atoms with Gasteiger partial charge in [-0.25, -0.2) is 9.50 Å². The van der Waals surface area contributed by atoms with Gasteiger partial charge < -0.3 is 10.2 Å². The van der Waals surface area contributed by atoms with Crippen LogP contribution in [0.25, 0.3) is 27.5 Å². The first-order valence-electron chi connectivity index (χ1n) is 9.30. The van der Waals surface area contributed by atoms with Gasteiger partial charge in [-0.1, -0.05) is 12.1 Å². The molecule has 136 valence electrons. The summed E-state index contributed by atoms with van der Waals surface area (Å²) in [6, 6.07) is 13.6. The van der Waals surface area contributed by atoms with Crippen molar-refractivity contribution in [3.8, 4) is 11.1 Å². The molecular formula is C21H22N6. The maximum atomic E-state index is 4.64. The summed E-state index contributed by atoms with van der Waals surface area (Å²) < 4.78 is 1.90. The van der Waals surface area contributed by atoms with E-state index in [1.165, 1.54) is 0 Å². The van der Waals surface area contributed by atoms with Crippen molar-refractivity contribution < 1.29 is 0 Å². The van der Waals surface area contributed by atoms with Gasteiger partial charge in [-0.3, -0.25) is 4.98 Å². The van der Waals surface area contributed by atoms with Crippen molar-refractivity contribution in [1.29, 1.82) is 0 Å². The van der Waals surface area contributed by atoms with Crippen LogP contribution in [-0.2, 0) is 0 Å². The SMILES string of the molecule is CN(C)C1CC(Nc2ncc3c(-c4ccc5ncccc5c4)ccn3n2)C1. The summed E-state index contributed by atoms with van der Waals surface area (Å²) in [6.07, 6.45) is 7.99. The van der Waals surface area contributed by atoms with E-state index < -0.39 is 0 Å². The summed E-state index contributed by atoms with van der Waals surface area (Å²) in [7, 11) is 4.27. The molecule has 0 amide bonds. The van der Waals surface area contributed by atoms with Gasteiger partial charge in [0.2, 0.25) is 5.95 Å². The summed E-state index contributed by atoms with van der Waals surface area (Å²) in [5, 5.41) is 9.23. The van der Waals surface area contributed by atoms with Gasteiger partial charge in [-0.15, -0.1) is 5.10 Å². The van der Waals surface area contributed by atoms with Gasteiger partial charge >= 0.3 is 0 Å². The normalized spacial score (nSPS) is 19.5. The first-order valence-corrected chi connectivity index (χ1v) is 9.30. The Hall–Kier alpha value is -2.99. The molecule has 1 aliphatic rings. The van der Waals surface area contributed by atoms with Crippen molar-refractivity contribution in [2.24, 2.45) is 0 Å². The van der Waals surface area contributed by atoms with Crippen molar-refractivity contribution in [2.45, 2.75) is 24.9 Å². The molecule has 0 atom stereocenters. The second-order valence-corrected chi connectivity index (χ2v) is 7.48. The minimum Gasteiger partial charge on any atom is -0.350 e. The van der Waals surface area contributed by atoms with Crippen molar-refractivity contribution in [2.75, 3.05) is 19.4 Å². The molecule has 0 unspecified atom stereocenters. The van der Waals surface area contributed by atoms with E-state index in [-0.39, 0.29) is 0 Å². The zero-order valence-corrected chi connectivity index (χ0v) is 15.5. The molecule has 4 aromatic rings. The van der Waals surface area contributed by atoms with E-state index in [0.29, 0.717) is 18.0 Å². The predicted octanol–water partition coefficient (Wildman–Crippen LogP) is 3.45. The third-order valence-electron chi connectivity index (χ3n) is 5.51. The number of anilines is 1. The summed E-state index contributed by atoms with van der Waals surface area (Å²) in [5.41, 5.74) is 4.28. The van der Waals surface area contributed by atoms with E-state index in [1.54, 1.807) is 0 Å². The maximum Gasteiger partial charge on any atom is 0.241 e. The average Bonchev–Trinajstić information content (AvgIpc) is 3.07. The van der Waals surface area contributed by atoms with Gasteiger partial charge in [0.15, 0.2) is 0 Å². The molecule has 1 fully saturated rings. The van der Waals surface area contributed by atoms with Crippen LogP contribution in [0.15, 0.2) is 55.0 Å². The van der Waals surface area contributed by atoms with Crippen LogP contribution in [0.4, 0.5) is 5.95 Å². The minimum absolute atomic E-state index is 0.456. The fourth-order valence-corrected chi connectivity index (χ4v) is 3.76. The largest absolute Gasteiger partial charge is 0.350 e. The molecule has 6 nitrogen and oxygen atoms in total. The lowest BCUT2D eigenvalue weighted by atomic mass is 9.86. The predicted molar refractivity (Wildman–Crippen MR) is 108 cm³/mol. The molecule has 0 aliphatic heterocycles. The average molecular weight is 358 g/mol. The van der Waals surface area contributed by atoms with Gasteiger partial charge in [0.25, 0.3) is 0 Å². The highest BCUT2D eigenvalue weighted by atomic mass is 15.3. The van der Waals surface area contributed by atoms with Crippen molar-refractivity contribution in [3.05, 3.63) is 55.0 Å². The van der Waals surface area contributed by atoms with Gasteiger partial charge in [0.1, 0.15) is 0 Å². The van der Waals surface area contributed by atoms with Crippen molar-refractivity contribution in [1.82, 2.24) is 24.5 Å². The Kier molecular flexibility index (Phi) is 3.79. The first kappa shape index (κ1) is 16.2. The highest BCUT2D eigenvalue weighted by Gasteiger charge is 2.30. The molecule has 1 saturated carbocycles. The number of pyridine rings is 1. The molecule has 3 aromatic heterocycles. The number of rotatable bonds is 4. The maximum absolute atomic E-state index is 4.64. The van der Waals surface area contributed by atoms with E-state index in [9.17, 15) is 0 Å². The van der Waals surface area contributed by atoms with Crippen LogP contribution in [0.1, 0.15) is 12.8 Å². The van der Waals surface area contributed by atoms with Gasteiger partial charge in [0.05, 0.1) is 17.2 Å². The molecule has 0 saturated heterocycles. The number of nitrogens with zero attached hydrogens (tertiary/aromatic N) is 5. The molecule has 1 aromatic carbocycles. The fourth-order valence-electron chi connectivity index (χ4n) is 3.76. The second kappa shape index (κ2) is 6.32. The lowest BCUT2D eigenvalue weighted by molar-refractivity contribution is 0.177. The summed E-state index contributed by atoms with van der Waals surface area (Å²) >= 11 is 0. The monoisotopic (exact) mass is 358 g/mol. The lowest BCUT2D eigenvalue weighted by Gasteiger charge is -2.39. The number of benzene rings is 1. The van der Waals surface area contributed by atoms with E-state index in [0.717, 1.165) is 40.4 Å². The van der Waals surface area contributed by atoms with Crippen LogP contribution in [0.2, 0.25) is 0 Å². The van der Waals surface area contributed by atoms with Crippen molar-refractivity contribution in [3.63, 3.8) is 0 Å². The first-order chi connectivity index (χ1) is 13.2. The molecule has 27 heavy (non-hydrogen) atoms. The molecule has 3 heterocycles. The van der Waals surface area contributed by atoms with Crippen LogP contribution >= 0.6 is 0 Å². The lowest BCUT2D eigenvalue weighted by Crippen LogP contribution is -2.47. The minimum atomic E-state index is 0.456. The van der Waals surface area contributed by atoms with Crippen LogP contribution in [0.3, 0.4) is 0 Å². The molecule has 0 bridgehead atoms. The summed E-state index contributed by atoms with van der Waals surface area (Å²) in [4.78, 5) is 11.2. The molecule has 0 radical (unpaired) electrons. The van der Waals surface area contributed by atoms with E-state index >= 15 is 0 Å². The third kappa shape index (κ3) is 2.92. The molecular weight excluding hydrogens is 336 g/mol. The zero-order valence-electron chi connectivity index (χ0n) is 15.5. The molecule has 5 rings (SSSR count). The Morgan fingerprint density at radius 1 is 1.11 bits per heavy atom. The van der Waals surface area contributed by atoms with Crippen LogP contribution in [0.5, 0.6) is 0 Å². The highest BCUT2D eigenvalue weighted by Crippen LogP contribution is 2.29. The summed E-state index contributed by atoms with van der Waals surface area (Å²) in [5.74, 6) is 0.689. The molecule has 1 N–H and O–H groups in total.